The molecule has 0 amide bonds. The molecule has 168 valence electrons. The SMILES string of the molecule is CC[C@@H](O)CCC(=O)Cc1ccc2nc(-c3ccccc3F)c(-c3ccccc3F)cc2c1. The van der Waals surface area contributed by atoms with Crippen LogP contribution in [0.4, 0.5) is 8.78 Å². The minimum absolute atomic E-state index is 0.0483. The summed E-state index contributed by atoms with van der Waals surface area (Å²) < 4.78 is 29.4. The van der Waals surface area contributed by atoms with E-state index in [1.807, 2.05) is 19.1 Å². The topological polar surface area (TPSA) is 50.2 Å². The molecule has 33 heavy (non-hydrogen) atoms. The van der Waals surface area contributed by atoms with Crippen molar-refractivity contribution in [1.82, 2.24) is 4.98 Å². The van der Waals surface area contributed by atoms with Gasteiger partial charge in [0.05, 0.1) is 17.3 Å². The van der Waals surface area contributed by atoms with Crippen molar-refractivity contribution < 1.29 is 18.7 Å². The highest BCUT2D eigenvalue weighted by molar-refractivity contribution is 5.92. The lowest BCUT2D eigenvalue weighted by Gasteiger charge is -2.13. The minimum Gasteiger partial charge on any atom is -0.393 e. The van der Waals surface area contributed by atoms with Crippen LogP contribution in [-0.2, 0) is 11.2 Å². The summed E-state index contributed by atoms with van der Waals surface area (Å²) in [4.78, 5) is 17.1. The molecule has 0 fully saturated rings. The summed E-state index contributed by atoms with van der Waals surface area (Å²) in [6.07, 6.45) is 1.18. The molecule has 1 aromatic heterocycles. The van der Waals surface area contributed by atoms with E-state index >= 15 is 0 Å². The first-order valence-electron chi connectivity index (χ1n) is 11.1. The molecule has 1 heterocycles. The Bertz CT molecular complexity index is 1300. The van der Waals surface area contributed by atoms with Crippen molar-refractivity contribution in [3.8, 4) is 22.4 Å². The summed E-state index contributed by atoms with van der Waals surface area (Å²) in [5.41, 5.74) is 2.93. The van der Waals surface area contributed by atoms with E-state index in [2.05, 4.69) is 4.98 Å². The molecular formula is C28H25F2NO2. The van der Waals surface area contributed by atoms with Gasteiger partial charge in [0.15, 0.2) is 0 Å². The summed E-state index contributed by atoms with van der Waals surface area (Å²) >= 11 is 0. The quantitative estimate of drug-likeness (QED) is 0.336. The van der Waals surface area contributed by atoms with Gasteiger partial charge in [-0.2, -0.15) is 0 Å². The standard InChI is InChI=1S/C28H25F2NO2/c1-2-20(32)12-13-21(33)16-18-11-14-27-19(15-18)17-24(22-7-3-5-9-25(22)29)28(31-27)23-8-4-6-10-26(23)30/h3-11,14-15,17,20,32H,2,12-13,16H2,1H3/t20-/m1/s1. The van der Waals surface area contributed by atoms with Crippen LogP contribution >= 0.6 is 0 Å². The van der Waals surface area contributed by atoms with Crippen LogP contribution in [0.15, 0.2) is 72.8 Å². The average molecular weight is 446 g/mol. The van der Waals surface area contributed by atoms with Gasteiger partial charge in [-0.25, -0.2) is 13.8 Å². The number of Topliss-reactive ketones (excluding diaryl/α,β-unsaturated/α-hetero) is 1. The number of fused-ring (bicyclic) bond motifs is 1. The molecule has 0 radical (unpaired) electrons. The zero-order chi connectivity index (χ0) is 23.4. The molecule has 3 aromatic carbocycles. The van der Waals surface area contributed by atoms with Crippen LogP contribution in [0.3, 0.4) is 0 Å². The molecular weight excluding hydrogens is 420 g/mol. The number of pyridine rings is 1. The molecule has 1 N–H and O–H groups in total. The van der Waals surface area contributed by atoms with Gasteiger partial charge in [-0.05, 0) is 54.8 Å². The van der Waals surface area contributed by atoms with E-state index in [9.17, 15) is 18.7 Å². The molecule has 0 bridgehead atoms. The molecule has 5 heteroatoms. The Kier molecular flexibility index (Phi) is 6.90. The third kappa shape index (κ3) is 5.15. The molecule has 1 atom stereocenters. The number of aliphatic hydroxyl groups is 1. The second-order valence-corrected chi connectivity index (χ2v) is 8.19. The van der Waals surface area contributed by atoms with Gasteiger partial charge in [0.1, 0.15) is 17.4 Å². The van der Waals surface area contributed by atoms with Crippen molar-refractivity contribution in [2.24, 2.45) is 0 Å². The normalized spacial score (nSPS) is 12.1. The van der Waals surface area contributed by atoms with Crippen LogP contribution in [-0.4, -0.2) is 22.0 Å². The van der Waals surface area contributed by atoms with E-state index in [4.69, 9.17) is 0 Å². The molecule has 0 aliphatic heterocycles. The van der Waals surface area contributed by atoms with Crippen molar-refractivity contribution >= 4 is 16.7 Å². The van der Waals surface area contributed by atoms with Crippen molar-refractivity contribution in [2.75, 3.05) is 0 Å². The summed E-state index contributed by atoms with van der Waals surface area (Å²) in [5, 5.41) is 10.4. The minimum atomic E-state index is -0.463. The Morgan fingerprint density at radius 1 is 0.909 bits per heavy atom. The zero-order valence-electron chi connectivity index (χ0n) is 18.4. The monoisotopic (exact) mass is 445 g/mol. The van der Waals surface area contributed by atoms with Crippen LogP contribution < -0.4 is 0 Å². The van der Waals surface area contributed by atoms with Crippen molar-refractivity contribution in [3.05, 3.63) is 90.0 Å². The van der Waals surface area contributed by atoms with E-state index in [0.29, 0.717) is 47.2 Å². The second-order valence-electron chi connectivity index (χ2n) is 8.19. The molecule has 0 unspecified atom stereocenters. The third-order valence-electron chi connectivity index (χ3n) is 5.80. The van der Waals surface area contributed by atoms with Gasteiger partial charge in [-0.15, -0.1) is 0 Å². The molecule has 4 rings (SSSR count). The fourth-order valence-electron chi connectivity index (χ4n) is 3.93. The van der Waals surface area contributed by atoms with Crippen LogP contribution in [0.1, 0.15) is 31.7 Å². The van der Waals surface area contributed by atoms with Gasteiger partial charge in [0, 0.05) is 34.9 Å². The number of rotatable bonds is 8. The Morgan fingerprint density at radius 2 is 1.58 bits per heavy atom. The van der Waals surface area contributed by atoms with Crippen molar-refractivity contribution in [2.45, 2.75) is 38.7 Å². The number of carbonyl (C=O) groups is 1. The molecule has 4 aromatic rings. The number of aliphatic hydroxyl groups excluding tert-OH is 1. The predicted molar refractivity (Wildman–Crippen MR) is 127 cm³/mol. The maximum absolute atomic E-state index is 14.7. The summed E-state index contributed by atoms with van der Waals surface area (Å²) in [6.45, 7) is 1.88. The van der Waals surface area contributed by atoms with Gasteiger partial charge in [0.2, 0.25) is 0 Å². The lowest BCUT2D eigenvalue weighted by Crippen LogP contribution is -2.10. The summed E-state index contributed by atoms with van der Waals surface area (Å²) in [5.74, 6) is -0.803. The highest BCUT2D eigenvalue weighted by Crippen LogP contribution is 2.36. The van der Waals surface area contributed by atoms with E-state index in [-0.39, 0.29) is 12.2 Å². The first-order valence-corrected chi connectivity index (χ1v) is 11.1. The van der Waals surface area contributed by atoms with E-state index in [1.165, 1.54) is 12.1 Å². The molecule has 0 spiro atoms. The molecule has 0 aliphatic rings. The number of ketones is 1. The van der Waals surface area contributed by atoms with Gasteiger partial charge >= 0.3 is 0 Å². The lowest BCUT2D eigenvalue weighted by atomic mass is 9.95. The first-order chi connectivity index (χ1) is 16.0. The Labute approximate surface area is 191 Å². The largest absolute Gasteiger partial charge is 0.393 e. The number of hydrogen-bond acceptors (Lipinski definition) is 3. The van der Waals surface area contributed by atoms with Gasteiger partial charge < -0.3 is 5.11 Å². The maximum Gasteiger partial charge on any atom is 0.137 e. The smallest absolute Gasteiger partial charge is 0.137 e. The van der Waals surface area contributed by atoms with Crippen LogP contribution in [0.5, 0.6) is 0 Å². The fourth-order valence-corrected chi connectivity index (χ4v) is 3.93. The fraction of sp³-hybridized carbons (Fsp3) is 0.214. The summed E-state index contributed by atoms with van der Waals surface area (Å²) in [7, 11) is 0. The number of halogens is 2. The predicted octanol–water partition coefficient (Wildman–Crippen LogP) is 6.51. The third-order valence-corrected chi connectivity index (χ3v) is 5.80. The number of aromatic nitrogens is 1. The number of nitrogens with zero attached hydrogens (tertiary/aromatic N) is 1. The van der Waals surface area contributed by atoms with Crippen LogP contribution in [0.25, 0.3) is 33.3 Å². The van der Waals surface area contributed by atoms with Crippen molar-refractivity contribution in [3.63, 3.8) is 0 Å². The second kappa shape index (κ2) is 10.0. The number of benzene rings is 3. The molecule has 3 nitrogen and oxygen atoms in total. The van der Waals surface area contributed by atoms with Crippen molar-refractivity contribution in [1.29, 1.82) is 0 Å². The van der Waals surface area contributed by atoms with E-state index < -0.39 is 17.7 Å². The number of carbonyl (C=O) groups excluding carboxylic acids is 1. The van der Waals surface area contributed by atoms with Crippen LogP contribution in [0, 0.1) is 11.6 Å². The Hall–Kier alpha value is -3.44. The number of hydrogen-bond donors (Lipinski definition) is 1. The first kappa shape index (κ1) is 22.7. The van der Waals surface area contributed by atoms with E-state index in [0.717, 1.165) is 10.9 Å². The van der Waals surface area contributed by atoms with Crippen LogP contribution in [0.2, 0.25) is 0 Å². The highest BCUT2D eigenvalue weighted by Gasteiger charge is 2.17. The van der Waals surface area contributed by atoms with Gasteiger partial charge in [0.25, 0.3) is 0 Å². The zero-order valence-corrected chi connectivity index (χ0v) is 18.4. The molecule has 0 saturated heterocycles. The van der Waals surface area contributed by atoms with Gasteiger partial charge in [-0.1, -0.05) is 43.3 Å². The maximum atomic E-state index is 14.7. The van der Waals surface area contributed by atoms with Gasteiger partial charge in [-0.3, -0.25) is 4.79 Å². The van der Waals surface area contributed by atoms with E-state index in [1.54, 1.807) is 48.5 Å². The average Bonchev–Trinajstić information content (AvgIpc) is 2.82. The Morgan fingerprint density at radius 3 is 2.24 bits per heavy atom. The lowest BCUT2D eigenvalue weighted by molar-refractivity contribution is -0.119. The molecule has 0 saturated carbocycles. The Balaban J connectivity index is 1.77. The highest BCUT2D eigenvalue weighted by atomic mass is 19.1. The molecule has 0 aliphatic carbocycles. The summed E-state index contributed by atoms with van der Waals surface area (Å²) in [6, 6.07) is 20.0.